The summed E-state index contributed by atoms with van der Waals surface area (Å²) in [6.07, 6.45) is 1.91. The summed E-state index contributed by atoms with van der Waals surface area (Å²) in [5.74, 6) is 1.79. The molecule has 2 aliphatic rings. The summed E-state index contributed by atoms with van der Waals surface area (Å²) in [6, 6.07) is 16.3. The summed E-state index contributed by atoms with van der Waals surface area (Å²) >= 11 is 0. The maximum absolute atomic E-state index is 12.2. The number of carbonyl (C=O) groups is 1. The van der Waals surface area contributed by atoms with Gasteiger partial charge in [-0.15, -0.1) is 0 Å². The normalized spacial score (nSPS) is 16.6. The fourth-order valence-electron chi connectivity index (χ4n) is 4.40. The third-order valence-corrected chi connectivity index (χ3v) is 6.32. The lowest BCUT2D eigenvalue weighted by atomic mass is 10.2. The number of ether oxygens (including phenoxy) is 3. The molecule has 2 aromatic carbocycles. The van der Waals surface area contributed by atoms with Crippen molar-refractivity contribution < 1.29 is 19.0 Å². The van der Waals surface area contributed by atoms with Crippen molar-refractivity contribution in [1.29, 1.82) is 0 Å². The smallest absolute Gasteiger partial charge is 0.410 e. The number of hydrogen-bond acceptors (Lipinski definition) is 7. The molecule has 0 aromatic heterocycles. The molecule has 0 saturated carbocycles. The van der Waals surface area contributed by atoms with Crippen molar-refractivity contribution in [1.82, 2.24) is 10.2 Å². The van der Waals surface area contributed by atoms with Crippen molar-refractivity contribution in [2.24, 2.45) is 0 Å². The summed E-state index contributed by atoms with van der Waals surface area (Å²) in [6.45, 7) is 13.2. The molecule has 2 saturated heterocycles. The van der Waals surface area contributed by atoms with Gasteiger partial charge in [0.1, 0.15) is 17.1 Å². The Hall–Kier alpha value is -3.13. The summed E-state index contributed by atoms with van der Waals surface area (Å²) < 4.78 is 16.0. The third kappa shape index (κ3) is 9.35. The van der Waals surface area contributed by atoms with E-state index >= 15 is 0 Å². The van der Waals surface area contributed by atoms with Crippen molar-refractivity contribution in [3.05, 3.63) is 48.5 Å². The predicted octanol–water partition coefficient (Wildman–Crippen LogP) is 4.64. The number of rotatable bonds is 4. The van der Waals surface area contributed by atoms with Gasteiger partial charge < -0.3 is 34.2 Å². The lowest BCUT2D eigenvalue weighted by molar-refractivity contribution is 0.0263. The fraction of sp³-hybridized carbons (Fsp3) is 0.552. The molecule has 8 heteroatoms. The highest BCUT2D eigenvalue weighted by atomic mass is 16.6. The van der Waals surface area contributed by atoms with E-state index in [2.05, 4.69) is 33.3 Å². The van der Waals surface area contributed by atoms with E-state index in [1.165, 1.54) is 12.1 Å². The second-order valence-corrected chi connectivity index (χ2v) is 10.3. The molecule has 2 aliphatic heterocycles. The number of carbonyl (C=O) groups excluding carboxylic acids is 1. The van der Waals surface area contributed by atoms with E-state index in [1.54, 1.807) is 19.1 Å². The number of nitrogens with one attached hydrogen (secondary N) is 1. The standard InChI is InChI=1S/C17H26N2O3.C12H18N2O/c1-17(2,3)22-16(20)19-10-6-9-18(11-12-19)14-7-5-8-15(13-14)21-4;1-15-12-5-2-4-11(10-12)14-8-3-6-13-7-9-14/h5,7-8,13H,6,9-12H2,1-4H3;2,4-5,10,13H,3,6-9H2,1H3. The lowest BCUT2D eigenvalue weighted by Crippen LogP contribution is -2.39. The Balaban J connectivity index is 0.000000220. The highest BCUT2D eigenvalue weighted by Gasteiger charge is 2.24. The van der Waals surface area contributed by atoms with Crippen LogP contribution in [0.3, 0.4) is 0 Å². The van der Waals surface area contributed by atoms with Crippen molar-refractivity contribution in [3.63, 3.8) is 0 Å². The second kappa shape index (κ2) is 14.0. The summed E-state index contributed by atoms with van der Waals surface area (Å²) in [7, 11) is 3.38. The van der Waals surface area contributed by atoms with Gasteiger partial charge in [-0.2, -0.15) is 0 Å². The van der Waals surface area contributed by atoms with Gasteiger partial charge >= 0.3 is 6.09 Å². The van der Waals surface area contributed by atoms with Crippen LogP contribution < -0.4 is 24.6 Å². The molecule has 0 bridgehead atoms. The highest BCUT2D eigenvalue weighted by Crippen LogP contribution is 2.23. The molecular formula is C29H44N4O4. The minimum Gasteiger partial charge on any atom is -0.497 e. The van der Waals surface area contributed by atoms with Crippen molar-refractivity contribution in [2.45, 2.75) is 39.2 Å². The SMILES string of the molecule is COc1cccc(N2CCCN(C(=O)OC(C)(C)C)CC2)c1.COc1cccc(N2CCCNCC2)c1. The van der Waals surface area contributed by atoms with Crippen LogP contribution >= 0.6 is 0 Å². The molecule has 2 aromatic rings. The average molecular weight is 513 g/mol. The van der Waals surface area contributed by atoms with Crippen LogP contribution in [0.25, 0.3) is 0 Å². The van der Waals surface area contributed by atoms with Crippen molar-refractivity contribution in [3.8, 4) is 11.5 Å². The molecule has 8 nitrogen and oxygen atoms in total. The zero-order valence-electron chi connectivity index (χ0n) is 23.2. The van der Waals surface area contributed by atoms with E-state index in [4.69, 9.17) is 14.2 Å². The maximum atomic E-state index is 12.2. The van der Waals surface area contributed by atoms with Gasteiger partial charge in [-0.25, -0.2) is 4.79 Å². The molecule has 0 unspecified atom stereocenters. The van der Waals surface area contributed by atoms with Crippen LogP contribution in [0.15, 0.2) is 48.5 Å². The van der Waals surface area contributed by atoms with Crippen LogP contribution in [0, 0.1) is 0 Å². The molecule has 1 amide bonds. The monoisotopic (exact) mass is 512 g/mol. The van der Waals surface area contributed by atoms with Crippen LogP contribution in [0.4, 0.5) is 16.2 Å². The molecular weight excluding hydrogens is 468 g/mol. The quantitative estimate of drug-likeness (QED) is 0.640. The molecule has 2 heterocycles. The van der Waals surface area contributed by atoms with E-state index in [0.29, 0.717) is 6.54 Å². The van der Waals surface area contributed by atoms with Crippen LogP contribution in [-0.2, 0) is 4.74 Å². The summed E-state index contributed by atoms with van der Waals surface area (Å²) in [5.41, 5.74) is 1.94. The van der Waals surface area contributed by atoms with Crippen LogP contribution in [0.2, 0.25) is 0 Å². The van der Waals surface area contributed by atoms with E-state index in [0.717, 1.165) is 69.4 Å². The first-order valence-corrected chi connectivity index (χ1v) is 13.3. The Labute approximate surface area is 222 Å². The number of nitrogens with zero attached hydrogens (tertiary/aromatic N) is 3. The Morgan fingerprint density at radius 1 is 0.757 bits per heavy atom. The van der Waals surface area contributed by atoms with Crippen LogP contribution in [0.1, 0.15) is 33.6 Å². The first kappa shape index (κ1) is 28.4. The molecule has 4 rings (SSSR count). The highest BCUT2D eigenvalue weighted by molar-refractivity contribution is 5.68. The van der Waals surface area contributed by atoms with Gasteiger partial charge in [0.2, 0.25) is 0 Å². The predicted molar refractivity (Wildman–Crippen MR) is 150 cm³/mol. The largest absolute Gasteiger partial charge is 0.497 e. The van der Waals surface area contributed by atoms with Gasteiger partial charge in [-0.1, -0.05) is 12.1 Å². The van der Waals surface area contributed by atoms with E-state index in [-0.39, 0.29) is 6.09 Å². The average Bonchev–Trinajstić information content (AvgIpc) is 3.32. The first-order valence-electron chi connectivity index (χ1n) is 13.3. The number of amides is 1. The van der Waals surface area contributed by atoms with Gasteiger partial charge in [0.25, 0.3) is 0 Å². The Morgan fingerprint density at radius 3 is 1.95 bits per heavy atom. The molecule has 0 aliphatic carbocycles. The first-order chi connectivity index (χ1) is 17.8. The van der Waals surface area contributed by atoms with E-state index in [1.807, 2.05) is 51.1 Å². The van der Waals surface area contributed by atoms with Crippen LogP contribution in [-0.4, -0.2) is 83.2 Å². The molecule has 0 spiro atoms. The number of anilines is 2. The Bertz CT molecular complexity index is 970. The third-order valence-electron chi connectivity index (χ3n) is 6.32. The van der Waals surface area contributed by atoms with Crippen LogP contribution in [0.5, 0.6) is 11.5 Å². The molecule has 204 valence electrons. The number of methoxy groups -OCH3 is 2. The van der Waals surface area contributed by atoms with Crippen molar-refractivity contribution in [2.75, 3.05) is 76.4 Å². The Morgan fingerprint density at radius 2 is 1.35 bits per heavy atom. The number of hydrogen-bond donors (Lipinski definition) is 1. The number of benzene rings is 2. The summed E-state index contributed by atoms with van der Waals surface area (Å²) in [4.78, 5) is 18.7. The second-order valence-electron chi connectivity index (χ2n) is 10.3. The zero-order chi connectivity index (χ0) is 26.7. The van der Waals surface area contributed by atoms with Gasteiger partial charge in [0.15, 0.2) is 0 Å². The minimum atomic E-state index is -0.449. The van der Waals surface area contributed by atoms with Gasteiger partial charge in [-0.05, 0) is 64.4 Å². The van der Waals surface area contributed by atoms with Gasteiger partial charge in [-0.3, -0.25) is 0 Å². The van der Waals surface area contributed by atoms with Crippen molar-refractivity contribution >= 4 is 17.5 Å². The van der Waals surface area contributed by atoms with E-state index in [9.17, 15) is 4.79 Å². The maximum Gasteiger partial charge on any atom is 0.410 e. The fourth-order valence-corrected chi connectivity index (χ4v) is 4.40. The summed E-state index contributed by atoms with van der Waals surface area (Å²) in [5, 5.41) is 3.40. The topological polar surface area (TPSA) is 66.5 Å². The molecule has 37 heavy (non-hydrogen) atoms. The zero-order valence-corrected chi connectivity index (χ0v) is 23.2. The van der Waals surface area contributed by atoms with Gasteiger partial charge in [0, 0.05) is 69.3 Å². The molecule has 1 N–H and O–H groups in total. The molecule has 2 fully saturated rings. The lowest BCUT2D eigenvalue weighted by Gasteiger charge is -2.27. The Kier molecular flexibility index (Phi) is 10.7. The molecule has 0 atom stereocenters. The molecule has 0 radical (unpaired) electrons. The van der Waals surface area contributed by atoms with E-state index < -0.39 is 5.60 Å². The minimum absolute atomic E-state index is 0.222. The van der Waals surface area contributed by atoms with Gasteiger partial charge in [0.05, 0.1) is 14.2 Å².